The molecule has 2 aromatic rings. The Morgan fingerprint density at radius 2 is 1.71 bits per heavy atom. The van der Waals surface area contributed by atoms with E-state index < -0.39 is 11.7 Å². The van der Waals surface area contributed by atoms with E-state index in [1.165, 1.54) is 17.4 Å². The van der Waals surface area contributed by atoms with Gasteiger partial charge in [-0.3, -0.25) is 14.7 Å². The Balaban J connectivity index is 1.25. The molecule has 2 fully saturated rings. The maximum absolute atomic E-state index is 13.3. The third-order valence-electron chi connectivity index (χ3n) is 7.59. The summed E-state index contributed by atoms with van der Waals surface area (Å²) in [6.45, 7) is 14.2. The second kappa shape index (κ2) is 11.5. The summed E-state index contributed by atoms with van der Waals surface area (Å²) in [6, 6.07) is 9.82. The molecule has 2 atom stereocenters. The zero-order valence-corrected chi connectivity index (χ0v) is 22.9. The van der Waals surface area contributed by atoms with Gasteiger partial charge in [0.1, 0.15) is 0 Å². The van der Waals surface area contributed by atoms with Crippen LogP contribution in [-0.4, -0.2) is 72.5 Å². The lowest BCUT2D eigenvalue weighted by Crippen LogP contribution is -2.51. The van der Waals surface area contributed by atoms with Crippen LogP contribution in [0.25, 0.3) is 0 Å². The Bertz CT molecular complexity index is 1070. The summed E-state index contributed by atoms with van der Waals surface area (Å²) in [7, 11) is 0. The molecule has 1 N–H and O–H groups in total. The molecule has 4 rings (SSSR count). The van der Waals surface area contributed by atoms with Crippen molar-refractivity contribution in [2.45, 2.75) is 58.2 Å². The van der Waals surface area contributed by atoms with Gasteiger partial charge in [0.25, 0.3) is 0 Å². The van der Waals surface area contributed by atoms with Crippen LogP contribution in [-0.2, 0) is 16.4 Å². The maximum atomic E-state index is 13.3. The molecule has 2 saturated heterocycles. The van der Waals surface area contributed by atoms with Gasteiger partial charge in [0.2, 0.25) is 5.91 Å². The van der Waals surface area contributed by atoms with E-state index in [0.717, 1.165) is 51.3 Å². The van der Waals surface area contributed by atoms with Crippen LogP contribution in [0.2, 0.25) is 0 Å². The van der Waals surface area contributed by atoms with Gasteiger partial charge < -0.3 is 15.1 Å². The Labute approximate surface area is 224 Å². The fraction of sp³-hybridized carbons (Fsp3) is 0.586. The summed E-state index contributed by atoms with van der Waals surface area (Å²) in [5.41, 5.74) is 2.26. The monoisotopic (exact) mass is 531 g/mol. The molecule has 2 aliphatic rings. The fourth-order valence-corrected chi connectivity index (χ4v) is 5.34. The highest BCUT2D eigenvalue weighted by molar-refractivity contribution is 5.79. The molecule has 38 heavy (non-hydrogen) atoms. The van der Waals surface area contributed by atoms with Crippen molar-refractivity contribution in [2.75, 3.05) is 56.0 Å². The molecule has 3 heterocycles. The summed E-state index contributed by atoms with van der Waals surface area (Å²) in [5.74, 6) is -0.0274. The second-order valence-electron chi connectivity index (χ2n) is 11.7. The van der Waals surface area contributed by atoms with Gasteiger partial charge in [0, 0.05) is 75.9 Å². The summed E-state index contributed by atoms with van der Waals surface area (Å²) in [4.78, 5) is 23.6. The van der Waals surface area contributed by atoms with Gasteiger partial charge >= 0.3 is 6.18 Å². The number of alkyl halides is 3. The highest BCUT2D eigenvalue weighted by atomic mass is 19.4. The normalized spacial score (nSPS) is 20.3. The number of nitrogens with one attached hydrogen (secondary N) is 1. The summed E-state index contributed by atoms with van der Waals surface area (Å²) in [6.07, 6.45) is -0.595. The minimum absolute atomic E-state index is 0.0987. The first-order valence-electron chi connectivity index (χ1n) is 13.6. The van der Waals surface area contributed by atoms with Gasteiger partial charge in [-0.15, -0.1) is 0 Å². The van der Waals surface area contributed by atoms with E-state index >= 15 is 0 Å². The first-order chi connectivity index (χ1) is 17.9. The van der Waals surface area contributed by atoms with Gasteiger partial charge in [0.05, 0.1) is 11.3 Å². The molecule has 0 spiro atoms. The number of hydrogen-bond acceptors (Lipinski definition) is 5. The number of nitrogens with zero attached hydrogens (tertiary/aromatic N) is 4. The number of hydrogen-bond donors (Lipinski definition) is 1. The van der Waals surface area contributed by atoms with E-state index in [1.807, 2.05) is 11.8 Å². The molecule has 1 unspecified atom stereocenters. The van der Waals surface area contributed by atoms with Crippen molar-refractivity contribution in [2.24, 2.45) is 5.92 Å². The molecule has 0 aliphatic carbocycles. The summed E-state index contributed by atoms with van der Waals surface area (Å²) in [5, 5.41) is 3.16. The Morgan fingerprint density at radius 3 is 2.34 bits per heavy atom. The summed E-state index contributed by atoms with van der Waals surface area (Å²) < 4.78 is 39.1. The number of rotatable bonds is 6. The second-order valence-corrected chi connectivity index (χ2v) is 11.7. The number of likely N-dealkylation sites (tertiary alicyclic amines) is 1. The lowest BCUT2D eigenvalue weighted by molar-refractivity contribution is -0.138. The molecule has 1 amide bonds. The highest BCUT2D eigenvalue weighted by Gasteiger charge is 2.32. The van der Waals surface area contributed by atoms with Gasteiger partial charge in [-0.2, -0.15) is 13.2 Å². The Kier molecular flexibility index (Phi) is 8.55. The van der Waals surface area contributed by atoms with E-state index in [4.69, 9.17) is 0 Å². The first kappa shape index (κ1) is 28.2. The van der Waals surface area contributed by atoms with Crippen LogP contribution in [0, 0.1) is 5.92 Å². The minimum atomic E-state index is -4.43. The van der Waals surface area contributed by atoms with Gasteiger partial charge in [-0.25, -0.2) is 0 Å². The van der Waals surface area contributed by atoms with Crippen LogP contribution >= 0.6 is 0 Å². The predicted octanol–water partition coefficient (Wildman–Crippen LogP) is 5.26. The van der Waals surface area contributed by atoms with Crippen molar-refractivity contribution in [1.29, 1.82) is 0 Å². The highest BCUT2D eigenvalue weighted by Crippen LogP contribution is 2.30. The van der Waals surface area contributed by atoms with Crippen molar-refractivity contribution in [3.05, 3.63) is 53.9 Å². The number of carbonyl (C=O) groups excluding carboxylic acids is 1. The zero-order chi connectivity index (χ0) is 27.5. The van der Waals surface area contributed by atoms with Gasteiger partial charge in [-0.1, -0.05) is 39.8 Å². The molecule has 1 aromatic heterocycles. The van der Waals surface area contributed by atoms with Gasteiger partial charge in [-0.05, 0) is 42.0 Å². The van der Waals surface area contributed by atoms with Crippen LogP contribution < -0.4 is 10.2 Å². The number of amides is 1. The third-order valence-corrected chi connectivity index (χ3v) is 7.59. The smallest absolute Gasteiger partial charge is 0.379 e. The zero-order valence-electron chi connectivity index (χ0n) is 22.9. The molecule has 9 heteroatoms. The fourth-order valence-electron chi connectivity index (χ4n) is 5.34. The summed E-state index contributed by atoms with van der Waals surface area (Å²) >= 11 is 0. The quantitative estimate of drug-likeness (QED) is 0.551. The number of piperidine rings is 1. The molecule has 6 nitrogen and oxygen atoms in total. The number of aromatic nitrogens is 1. The molecule has 2 aliphatic heterocycles. The molecule has 208 valence electrons. The molecule has 1 aromatic carbocycles. The van der Waals surface area contributed by atoms with Crippen LogP contribution in [0.15, 0.2) is 42.7 Å². The lowest BCUT2D eigenvalue weighted by atomic mass is 9.87. The van der Waals surface area contributed by atoms with E-state index in [9.17, 15) is 18.0 Å². The van der Waals surface area contributed by atoms with Crippen molar-refractivity contribution in [3.8, 4) is 0 Å². The number of carbonyl (C=O) groups is 1. The van der Waals surface area contributed by atoms with Crippen LogP contribution in [0.3, 0.4) is 0 Å². The van der Waals surface area contributed by atoms with Gasteiger partial charge in [0.15, 0.2) is 0 Å². The molecular formula is C29H40F3N5O. The van der Waals surface area contributed by atoms with E-state index in [-0.39, 0.29) is 23.3 Å². The third kappa shape index (κ3) is 7.18. The topological polar surface area (TPSA) is 51.7 Å². The Morgan fingerprint density at radius 1 is 1.03 bits per heavy atom. The first-order valence-corrected chi connectivity index (χ1v) is 13.6. The van der Waals surface area contributed by atoms with Crippen LogP contribution in [0.1, 0.15) is 51.7 Å². The van der Waals surface area contributed by atoms with E-state index in [1.54, 1.807) is 0 Å². The average molecular weight is 532 g/mol. The number of halogens is 3. The molecule has 0 bridgehead atoms. The minimum Gasteiger partial charge on any atom is -0.379 e. The predicted molar refractivity (Wildman–Crippen MR) is 145 cm³/mol. The number of piperazine rings is 1. The van der Waals surface area contributed by atoms with Crippen LogP contribution in [0.5, 0.6) is 0 Å². The van der Waals surface area contributed by atoms with Crippen molar-refractivity contribution < 1.29 is 18.0 Å². The SMILES string of the molecule is CC(CN1CCN(c2ccc(C(C)(C)C)cc2)CC1)C(=O)N1CCC[C@H](Nc2cncc(C(F)(F)F)c2)C1. The van der Waals surface area contributed by atoms with Crippen molar-refractivity contribution >= 4 is 17.3 Å². The molecular weight excluding hydrogens is 491 g/mol. The lowest BCUT2D eigenvalue weighted by Gasteiger charge is -2.39. The van der Waals surface area contributed by atoms with Crippen molar-refractivity contribution in [3.63, 3.8) is 0 Å². The van der Waals surface area contributed by atoms with E-state index in [2.05, 4.69) is 65.1 Å². The largest absolute Gasteiger partial charge is 0.417 e. The standard InChI is InChI=1S/C29H40F3N5O/c1-21(19-35-12-14-36(15-13-35)26-9-7-22(8-10-26)28(2,3)4)27(38)37-11-5-6-24(20-37)34-25-16-23(17-33-18-25)29(30,31)32/h7-10,16-18,21,24,34H,5-6,11-15,19-20H2,1-4H3/t21?,24-/m0/s1. The molecule has 0 radical (unpaired) electrons. The van der Waals surface area contributed by atoms with Crippen molar-refractivity contribution in [1.82, 2.24) is 14.8 Å². The van der Waals surface area contributed by atoms with Crippen LogP contribution in [0.4, 0.5) is 24.5 Å². The molecule has 0 saturated carbocycles. The average Bonchev–Trinajstić information content (AvgIpc) is 2.88. The number of benzene rings is 1. The maximum Gasteiger partial charge on any atom is 0.417 e. The number of pyridine rings is 1. The number of anilines is 2. The Hall–Kier alpha value is -2.81. The van der Waals surface area contributed by atoms with E-state index in [0.29, 0.717) is 25.3 Å².